The van der Waals surface area contributed by atoms with Gasteiger partial charge in [-0.3, -0.25) is 0 Å². The molecule has 0 bridgehead atoms. The van der Waals surface area contributed by atoms with Crippen molar-refractivity contribution in [3.05, 3.63) is 28.8 Å². The Morgan fingerprint density at radius 1 is 1.20 bits per heavy atom. The van der Waals surface area contributed by atoms with Crippen molar-refractivity contribution in [3.63, 3.8) is 0 Å². The number of rotatable bonds is 3. The van der Waals surface area contributed by atoms with Gasteiger partial charge >= 0.3 is 6.18 Å². The first kappa shape index (κ1) is 15.5. The molecular formula is C15H19ClF3N. The molecule has 0 aromatic heterocycles. The summed E-state index contributed by atoms with van der Waals surface area (Å²) in [5, 5.41) is 2.95. The molecule has 2 rings (SSSR count). The SMILES string of the molecule is CC[C@H]1CC[C@H](Nc2ccc(Cl)c(C(F)(F)F)c2)CC1. The zero-order chi connectivity index (χ0) is 14.8. The van der Waals surface area contributed by atoms with Crippen LogP contribution in [-0.2, 0) is 6.18 Å². The van der Waals surface area contributed by atoms with Gasteiger partial charge in [0, 0.05) is 11.7 Å². The fraction of sp³-hybridized carbons (Fsp3) is 0.600. The van der Waals surface area contributed by atoms with Crippen molar-refractivity contribution in [2.75, 3.05) is 5.32 Å². The molecule has 112 valence electrons. The number of hydrogen-bond acceptors (Lipinski definition) is 1. The molecule has 1 saturated carbocycles. The number of anilines is 1. The summed E-state index contributed by atoms with van der Waals surface area (Å²) in [5.41, 5.74) is -0.270. The largest absolute Gasteiger partial charge is 0.417 e. The predicted octanol–water partition coefficient (Wildman–Crippen LogP) is 5.74. The van der Waals surface area contributed by atoms with Gasteiger partial charge in [0.05, 0.1) is 10.6 Å². The molecule has 0 spiro atoms. The van der Waals surface area contributed by atoms with Crippen molar-refractivity contribution < 1.29 is 13.2 Å². The lowest BCUT2D eigenvalue weighted by molar-refractivity contribution is -0.137. The summed E-state index contributed by atoms with van der Waals surface area (Å²) in [6.07, 6.45) is 1.10. The summed E-state index contributed by atoms with van der Waals surface area (Å²) in [6.45, 7) is 2.19. The highest BCUT2D eigenvalue weighted by Gasteiger charge is 2.33. The van der Waals surface area contributed by atoms with E-state index in [1.54, 1.807) is 6.07 Å². The molecule has 1 aliphatic carbocycles. The molecule has 0 aliphatic heterocycles. The van der Waals surface area contributed by atoms with Crippen LogP contribution in [0.1, 0.15) is 44.6 Å². The summed E-state index contributed by atoms with van der Waals surface area (Å²) >= 11 is 5.61. The summed E-state index contributed by atoms with van der Waals surface area (Å²) < 4.78 is 38.4. The Balaban J connectivity index is 2.04. The van der Waals surface area contributed by atoms with Gasteiger partial charge in [0.1, 0.15) is 0 Å². The minimum absolute atomic E-state index is 0.252. The fourth-order valence-electron chi connectivity index (χ4n) is 2.78. The van der Waals surface area contributed by atoms with Crippen molar-refractivity contribution >= 4 is 17.3 Å². The van der Waals surface area contributed by atoms with Crippen molar-refractivity contribution in [1.29, 1.82) is 0 Å². The number of alkyl halides is 3. The zero-order valence-electron chi connectivity index (χ0n) is 11.4. The minimum atomic E-state index is -4.41. The second-order valence-electron chi connectivity index (χ2n) is 5.46. The van der Waals surface area contributed by atoms with Crippen molar-refractivity contribution in [1.82, 2.24) is 0 Å². The van der Waals surface area contributed by atoms with Crippen LogP contribution in [-0.4, -0.2) is 6.04 Å². The Hall–Kier alpha value is -0.900. The highest BCUT2D eigenvalue weighted by atomic mass is 35.5. The molecular weight excluding hydrogens is 287 g/mol. The van der Waals surface area contributed by atoms with Crippen LogP contribution in [0.25, 0.3) is 0 Å². The standard InChI is InChI=1S/C15H19ClF3N/c1-2-10-3-5-11(6-4-10)20-12-7-8-14(16)13(9-12)15(17,18)19/h7-11,20H,2-6H2,1H3/t10-,11-. The molecule has 0 radical (unpaired) electrons. The Morgan fingerprint density at radius 2 is 1.85 bits per heavy atom. The van der Waals surface area contributed by atoms with Crippen LogP contribution in [0.3, 0.4) is 0 Å². The molecule has 0 saturated heterocycles. The molecule has 1 aromatic carbocycles. The van der Waals surface area contributed by atoms with Crippen LogP contribution < -0.4 is 5.32 Å². The van der Waals surface area contributed by atoms with Crippen molar-refractivity contribution in [2.45, 2.75) is 51.2 Å². The third-order valence-electron chi connectivity index (χ3n) is 4.07. The average Bonchev–Trinajstić information content (AvgIpc) is 2.40. The third-order valence-corrected chi connectivity index (χ3v) is 4.40. The van der Waals surface area contributed by atoms with E-state index >= 15 is 0 Å². The van der Waals surface area contributed by atoms with Crippen LogP contribution in [0.5, 0.6) is 0 Å². The summed E-state index contributed by atoms with van der Waals surface area (Å²) in [5.74, 6) is 0.768. The van der Waals surface area contributed by atoms with E-state index in [-0.39, 0.29) is 11.1 Å². The van der Waals surface area contributed by atoms with E-state index in [4.69, 9.17) is 11.6 Å². The quantitative estimate of drug-likeness (QED) is 0.751. The summed E-state index contributed by atoms with van der Waals surface area (Å²) in [4.78, 5) is 0. The van der Waals surface area contributed by atoms with Gasteiger partial charge in [-0.2, -0.15) is 13.2 Å². The normalized spacial score (nSPS) is 23.6. The number of halogens is 4. The maximum absolute atomic E-state index is 12.8. The Morgan fingerprint density at radius 3 is 2.40 bits per heavy atom. The van der Waals surface area contributed by atoms with Gasteiger partial charge in [0.25, 0.3) is 0 Å². The summed E-state index contributed by atoms with van der Waals surface area (Å²) in [7, 11) is 0. The van der Waals surface area contributed by atoms with Gasteiger partial charge in [-0.1, -0.05) is 24.9 Å². The first-order valence-corrected chi connectivity index (χ1v) is 7.41. The van der Waals surface area contributed by atoms with Gasteiger partial charge in [-0.05, 0) is 49.8 Å². The van der Waals surface area contributed by atoms with Gasteiger partial charge in [0.15, 0.2) is 0 Å². The molecule has 0 amide bonds. The fourth-order valence-corrected chi connectivity index (χ4v) is 3.01. The average molecular weight is 306 g/mol. The second kappa shape index (κ2) is 6.25. The van der Waals surface area contributed by atoms with Crippen LogP contribution in [0, 0.1) is 5.92 Å². The molecule has 5 heteroatoms. The molecule has 1 nitrogen and oxygen atoms in total. The molecule has 1 aromatic rings. The first-order chi connectivity index (χ1) is 9.40. The first-order valence-electron chi connectivity index (χ1n) is 7.03. The van der Waals surface area contributed by atoms with Gasteiger partial charge in [0.2, 0.25) is 0 Å². The van der Waals surface area contributed by atoms with E-state index in [9.17, 15) is 13.2 Å². The molecule has 1 fully saturated rings. The van der Waals surface area contributed by atoms with Gasteiger partial charge in [-0.15, -0.1) is 0 Å². The number of benzene rings is 1. The zero-order valence-corrected chi connectivity index (χ0v) is 12.2. The predicted molar refractivity (Wildman–Crippen MR) is 76.1 cm³/mol. The maximum atomic E-state index is 12.8. The molecule has 0 unspecified atom stereocenters. The van der Waals surface area contributed by atoms with Crippen molar-refractivity contribution in [2.24, 2.45) is 5.92 Å². The number of nitrogens with one attached hydrogen (secondary N) is 1. The Labute approximate surface area is 122 Å². The van der Waals surface area contributed by atoms with E-state index in [1.807, 2.05) is 0 Å². The van der Waals surface area contributed by atoms with Crippen LogP contribution in [0.4, 0.5) is 18.9 Å². The van der Waals surface area contributed by atoms with Gasteiger partial charge in [-0.25, -0.2) is 0 Å². The van der Waals surface area contributed by atoms with Gasteiger partial charge < -0.3 is 5.32 Å². The smallest absolute Gasteiger partial charge is 0.382 e. The minimum Gasteiger partial charge on any atom is -0.382 e. The number of hydrogen-bond donors (Lipinski definition) is 1. The lowest BCUT2D eigenvalue weighted by Gasteiger charge is -2.29. The van der Waals surface area contributed by atoms with E-state index < -0.39 is 11.7 Å². The molecule has 0 heterocycles. The summed E-state index contributed by atoms with van der Waals surface area (Å²) in [6, 6.07) is 4.29. The topological polar surface area (TPSA) is 12.0 Å². The van der Waals surface area contributed by atoms with E-state index in [0.717, 1.165) is 37.7 Å². The maximum Gasteiger partial charge on any atom is 0.417 e. The van der Waals surface area contributed by atoms with Crippen LogP contribution in [0.2, 0.25) is 5.02 Å². The highest BCUT2D eigenvalue weighted by Crippen LogP contribution is 2.37. The molecule has 0 atom stereocenters. The molecule has 1 N–H and O–H groups in total. The Kier molecular flexibility index (Phi) is 4.84. The lowest BCUT2D eigenvalue weighted by atomic mass is 9.84. The monoisotopic (exact) mass is 305 g/mol. The van der Waals surface area contributed by atoms with E-state index in [1.165, 1.54) is 12.5 Å². The Bertz CT molecular complexity index is 451. The molecule has 1 aliphatic rings. The second-order valence-corrected chi connectivity index (χ2v) is 5.87. The highest BCUT2D eigenvalue weighted by molar-refractivity contribution is 6.31. The molecule has 20 heavy (non-hydrogen) atoms. The van der Waals surface area contributed by atoms with Crippen molar-refractivity contribution in [3.8, 4) is 0 Å². The third kappa shape index (κ3) is 3.81. The lowest BCUT2D eigenvalue weighted by Crippen LogP contribution is -2.26. The van der Waals surface area contributed by atoms with E-state index in [2.05, 4.69) is 12.2 Å². The van der Waals surface area contributed by atoms with Crippen LogP contribution in [0.15, 0.2) is 18.2 Å². The van der Waals surface area contributed by atoms with E-state index in [0.29, 0.717) is 5.69 Å². The van der Waals surface area contributed by atoms with Crippen LogP contribution >= 0.6 is 11.6 Å².